The summed E-state index contributed by atoms with van der Waals surface area (Å²) in [5.41, 5.74) is -0.0368. The molecule has 1 aromatic rings. The van der Waals surface area contributed by atoms with E-state index in [0.717, 1.165) is 0 Å². The van der Waals surface area contributed by atoms with Gasteiger partial charge in [-0.1, -0.05) is 0 Å². The second-order valence-electron chi connectivity index (χ2n) is 2.65. The molecule has 0 saturated carbocycles. The number of pyridine rings is 1. The Kier molecular flexibility index (Phi) is 4.20. The number of nitrogens with zero attached hydrogens (tertiary/aromatic N) is 2. The van der Waals surface area contributed by atoms with E-state index in [1.54, 1.807) is 22.6 Å². The van der Waals surface area contributed by atoms with Crippen LogP contribution in [0.25, 0.3) is 0 Å². The summed E-state index contributed by atoms with van der Waals surface area (Å²) in [5.74, 6) is 0.325. The first kappa shape index (κ1) is 12.1. The molecule has 0 aromatic carbocycles. The fourth-order valence-corrected chi connectivity index (χ4v) is 1.77. The van der Waals surface area contributed by atoms with Crippen LogP contribution in [-0.4, -0.2) is 12.1 Å². The van der Waals surface area contributed by atoms with Gasteiger partial charge in [0.05, 0.1) is 28.9 Å². The van der Waals surface area contributed by atoms with Crippen molar-refractivity contribution in [3.63, 3.8) is 0 Å². The highest BCUT2D eigenvalue weighted by Crippen LogP contribution is 2.30. The predicted molar refractivity (Wildman–Crippen MR) is 57.8 cm³/mol. The predicted octanol–water partition coefficient (Wildman–Crippen LogP) is 2.70. The van der Waals surface area contributed by atoms with Crippen LogP contribution in [0.4, 0.5) is 8.78 Å². The fraction of sp³-hybridized carbons (Fsp3) is 0.333. The summed E-state index contributed by atoms with van der Waals surface area (Å²) >= 11 is 1.75. The lowest BCUT2D eigenvalue weighted by atomic mass is 10.2. The Morgan fingerprint density at radius 3 is 2.80 bits per heavy atom. The average Bonchev–Trinajstić information content (AvgIpc) is 2.20. The van der Waals surface area contributed by atoms with Gasteiger partial charge in [0.25, 0.3) is 6.43 Å². The van der Waals surface area contributed by atoms with Gasteiger partial charge in [0.1, 0.15) is 11.4 Å². The molecule has 0 aliphatic heterocycles. The van der Waals surface area contributed by atoms with Crippen molar-refractivity contribution in [1.29, 1.82) is 5.26 Å². The molecular formula is C9H7F2IN2O. The largest absolute Gasteiger partial charge is 0.496 e. The van der Waals surface area contributed by atoms with Gasteiger partial charge < -0.3 is 4.74 Å². The summed E-state index contributed by atoms with van der Waals surface area (Å²) in [4.78, 5) is 3.71. The van der Waals surface area contributed by atoms with Gasteiger partial charge in [-0.15, -0.1) is 0 Å². The van der Waals surface area contributed by atoms with Gasteiger partial charge >= 0.3 is 0 Å². The number of methoxy groups -OCH3 is 1. The van der Waals surface area contributed by atoms with Crippen molar-refractivity contribution in [2.75, 3.05) is 7.11 Å². The molecule has 15 heavy (non-hydrogen) atoms. The van der Waals surface area contributed by atoms with E-state index < -0.39 is 6.43 Å². The highest BCUT2D eigenvalue weighted by Gasteiger charge is 2.18. The molecule has 0 bridgehead atoms. The van der Waals surface area contributed by atoms with Crippen LogP contribution >= 0.6 is 22.6 Å². The molecule has 0 atom stereocenters. The van der Waals surface area contributed by atoms with Gasteiger partial charge in [-0.25, -0.2) is 13.8 Å². The Labute approximate surface area is 99.2 Å². The van der Waals surface area contributed by atoms with E-state index in [1.807, 2.05) is 6.07 Å². The van der Waals surface area contributed by atoms with E-state index in [-0.39, 0.29) is 15.7 Å². The lowest BCUT2D eigenvalue weighted by Gasteiger charge is -2.09. The van der Waals surface area contributed by atoms with Crippen LogP contribution in [0.5, 0.6) is 5.75 Å². The van der Waals surface area contributed by atoms with Crippen LogP contribution in [0.1, 0.15) is 17.8 Å². The van der Waals surface area contributed by atoms with Crippen LogP contribution < -0.4 is 4.74 Å². The minimum atomic E-state index is -2.66. The SMILES string of the molecule is COc1cc(CC#N)nc(C(F)F)c1I. The molecule has 0 saturated heterocycles. The zero-order valence-electron chi connectivity index (χ0n) is 7.80. The molecule has 0 spiro atoms. The van der Waals surface area contributed by atoms with Crippen LogP contribution in [0.3, 0.4) is 0 Å². The lowest BCUT2D eigenvalue weighted by Crippen LogP contribution is -2.02. The summed E-state index contributed by atoms with van der Waals surface area (Å²) < 4.78 is 30.3. The summed E-state index contributed by atoms with van der Waals surface area (Å²) in [7, 11) is 1.39. The monoisotopic (exact) mass is 324 g/mol. The number of hydrogen-bond donors (Lipinski definition) is 0. The average molecular weight is 324 g/mol. The molecular weight excluding hydrogens is 317 g/mol. The Morgan fingerprint density at radius 2 is 2.33 bits per heavy atom. The second kappa shape index (κ2) is 5.21. The summed E-state index contributed by atoms with van der Waals surface area (Å²) in [6, 6.07) is 3.35. The third-order valence-corrected chi connectivity index (χ3v) is 2.77. The van der Waals surface area contributed by atoms with Gasteiger partial charge in [-0.05, 0) is 22.6 Å². The Hall–Kier alpha value is -0.970. The summed E-state index contributed by atoms with van der Waals surface area (Å²) in [5, 5.41) is 8.46. The maximum absolute atomic E-state index is 12.6. The van der Waals surface area contributed by atoms with Crippen molar-refractivity contribution in [2.45, 2.75) is 12.8 Å². The lowest BCUT2D eigenvalue weighted by molar-refractivity contribution is 0.144. The normalized spacial score (nSPS) is 10.1. The van der Waals surface area contributed by atoms with Crippen LogP contribution in [-0.2, 0) is 6.42 Å². The third-order valence-electron chi connectivity index (χ3n) is 1.69. The molecule has 80 valence electrons. The van der Waals surface area contributed by atoms with Gasteiger partial charge in [0.15, 0.2) is 0 Å². The van der Waals surface area contributed by atoms with Crippen molar-refractivity contribution < 1.29 is 13.5 Å². The fourth-order valence-electron chi connectivity index (χ4n) is 1.04. The molecule has 0 N–H and O–H groups in total. The molecule has 1 rings (SSSR count). The molecule has 1 heterocycles. The van der Waals surface area contributed by atoms with E-state index in [1.165, 1.54) is 13.2 Å². The highest BCUT2D eigenvalue weighted by molar-refractivity contribution is 14.1. The maximum Gasteiger partial charge on any atom is 0.281 e. The van der Waals surface area contributed by atoms with Crippen molar-refractivity contribution in [1.82, 2.24) is 4.98 Å². The molecule has 0 unspecified atom stereocenters. The zero-order valence-corrected chi connectivity index (χ0v) is 9.96. The topological polar surface area (TPSA) is 45.9 Å². The first-order valence-electron chi connectivity index (χ1n) is 3.98. The minimum absolute atomic E-state index is 0.00694. The Bertz CT molecular complexity index is 404. The Morgan fingerprint density at radius 1 is 1.67 bits per heavy atom. The van der Waals surface area contributed by atoms with Crippen molar-refractivity contribution in [3.8, 4) is 11.8 Å². The molecule has 0 amide bonds. The number of hydrogen-bond acceptors (Lipinski definition) is 3. The number of nitriles is 1. The minimum Gasteiger partial charge on any atom is -0.496 e. The van der Waals surface area contributed by atoms with E-state index in [2.05, 4.69) is 4.98 Å². The number of rotatable bonds is 3. The van der Waals surface area contributed by atoms with E-state index in [4.69, 9.17) is 10.00 Å². The molecule has 0 aliphatic rings. The van der Waals surface area contributed by atoms with Crippen molar-refractivity contribution in [2.24, 2.45) is 0 Å². The van der Waals surface area contributed by atoms with Crippen LogP contribution in [0, 0.1) is 14.9 Å². The van der Waals surface area contributed by atoms with Gasteiger partial charge in [-0.3, -0.25) is 0 Å². The standard InChI is InChI=1S/C9H7F2IN2O/c1-15-6-4-5(2-3-13)14-8(7(6)12)9(10)11/h4,9H,2H2,1H3. The van der Waals surface area contributed by atoms with Crippen LogP contribution in [0.15, 0.2) is 6.07 Å². The molecule has 0 radical (unpaired) electrons. The number of alkyl halides is 2. The van der Waals surface area contributed by atoms with E-state index >= 15 is 0 Å². The first-order chi connectivity index (χ1) is 7.10. The molecule has 0 fully saturated rings. The maximum atomic E-state index is 12.6. The molecule has 0 aliphatic carbocycles. The third kappa shape index (κ3) is 2.75. The molecule has 3 nitrogen and oxygen atoms in total. The van der Waals surface area contributed by atoms with Gasteiger partial charge in [0, 0.05) is 6.07 Å². The number of aromatic nitrogens is 1. The Balaban J connectivity index is 3.26. The second-order valence-corrected chi connectivity index (χ2v) is 3.73. The highest BCUT2D eigenvalue weighted by atomic mass is 127. The summed E-state index contributed by atoms with van der Waals surface area (Å²) in [6.07, 6.45) is -2.67. The van der Waals surface area contributed by atoms with Crippen LogP contribution in [0.2, 0.25) is 0 Å². The zero-order chi connectivity index (χ0) is 11.4. The smallest absolute Gasteiger partial charge is 0.281 e. The van der Waals surface area contributed by atoms with Crippen molar-refractivity contribution >= 4 is 22.6 Å². The van der Waals surface area contributed by atoms with E-state index in [0.29, 0.717) is 11.4 Å². The van der Waals surface area contributed by atoms with E-state index in [9.17, 15) is 8.78 Å². The molecule has 1 aromatic heterocycles. The molecule has 6 heteroatoms. The first-order valence-corrected chi connectivity index (χ1v) is 5.06. The van der Waals surface area contributed by atoms with Crippen molar-refractivity contribution in [3.05, 3.63) is 21.0 Å². The number of halogens is 3. The quantitative estimate of drug-likeness (QED) is 0.803. The summed E-state index contributed by atoms with van der Waals surface area (Å²) in [6.45, 7) is 0. The number of ether oxygens (including phenoxy) is 1. The van der Waals surface area contributed by atoms with Gasteiger partial charge in [-0.2, -0.15) is 5.26 Å². The van der Waals surface area contributed by atoms with Gasteiger partial charge in [0.2, 0.25) is 0 Å².